The van der Waals surface area contributed by atoms with Crippen molar-refractivity contribution in [1.82, 2.24) is 14.6 Å². The van der Waals surface area contributed by atoms with Crippen LogP contribution < -0.4 is 9.47 Å². The Morgan fingerprint density at radius 3 is 2.94 bits per heavy atom. The second-order valence-electron chi connectivity index (χ2n) is 3.63. The summed E-state index contributed by atoms with van der Waals surface area (Å²) in [6.07, 6.45) is 1.54. The minimum absolute atomic E-state index is 0.284. The van der Waals surface area contributed by atoms with Gasteiger partial charge in [0.25, 0.3) is 0 Å². The van der Waals surface area contributed by atoms with Crippen molar-refractivity contribution in [2.45, 2.75) is 0 Å². The fourth-order valence-corrected chi connectivity index (χ4v) is 1.98. The zero-order valence-electron chi connectivity index (χ0n) is 8.25. The van der Waals surface area contributed by atoms with Gasteiger partial charge in [-0.05, 0) is 18.2 Å². The fourth-order valence-electron chi connectivity index (χ4n) is 1.98. The lowest BCUT2D eigenvalue weighted by molar-refractivity contribution is 0.174. The second-order valence-corrected chi connectivity index (χ2v) is 3.63. The Morgan fingerprint density at radius 1 is 1.12 bits per heavy atom. The summed E-state index contributed by atoms with van der Waals surface area (Å²) in [5, 5.41) is 5.24. The van der Waals surface area contributed by atoms with Crippen LogP contribution in [0, 0.1) is 0 Å². The van der Waals surface area contributed by atoms with Crippen LogP contribution in [-0.4, -0.2) is 21.4 Å². The first kappa shape index (κ1) is 7.92. The summed E-state index contributed by atoms with van der Waals surface area (Å²) in [5.74, 6) is 1.54. The average Bonchev–Trinajstić information content (AvgIpc) is 2.94. The Balaban J connectivity index is 2.20. The Bertz CT molecular complexity index is 705. The van der Waals surface area contributed by atoms with Gasteiger partial charge >= 0.3 is 0 Å². The number of aromatic nitrogens is 3. The topological polar surface area (TPSA) is 48.7 Å². The third-order valence-corrected chi connectivity index (χ3v) is 2.74. The highest BCUT2D eigenvalue weighted by Crippen LogP contribution is 2.35. The molecule has 0 atom stereocenters. The Hall–Kier alpha value is -2.30. The Morgan fingerprint density at radius 2 is 2.00 bits per heavy atom. The van der Waals surface area contributed by atoms with Crippen LogP contribution in [0.25, 0.3) is 16.6 Å². The van der Waals surface area contributed by atoms with Gasteiger partial charge in [0.2, 0.25) is 6.79 Å². The number of benzene rings is 1. The minimum atomic E-state index is 0.284. The molecule has 5 nitrogen and oxygen atoms in total. The van der Waals surface area contributed by atoms with Crippen molar-refractivity contribution >= 4 is 16.6 Å². The Labute approximate surface area is 90.2 Å². The van der Waals surface area contributed by atoms with Gasteiger partial charge < -0.3 is 9.47 Å². The number of nitrogens with zero attached hydrogens (tertiary/aromatic N) is 3. The quantitative estimate of drug-likeness (QED) is 0.569. The molecule has 0 spiro atoms. The third kappa shape index (κ3) is 0.894. The molecule has 5 heteroatoms. The summed E-state index contributed by atoms with van der Waals surface area (Å²) in [5.41, 5.74) is 1.80. The van der Waals surface area contributed by atoms with E-state index in [4.69, 9.17) is 9.47 Å². The standard InChI is InChI=1S/C11H7N3O2/c1-2-11-12-5-13-14(11)8-4-10-9(3-7(1)8)15-6-16-10/h1-5H,6H2. The molecule has 16 heavy (non-hydrogen) atoms. The molecule has 2 aromatic heterocycles. The summed E-state index contributed by atoms with van der Waals surface area (Å²) in [6.45, 7) is 0.284. The molecule has 3 aromatic rings. The first-order chi connectivity index (χ1) is 7.92. The van der Waals surface area contributed by atoms with Gasteiger partial charge in [-0.25, -0.2) is 9.50 Å². The lowest BCUT2D eigenvalue weighted by Gasteiger charge is -2.02. The van der Waals surface area contributed by atoms with Crippen LogP contribution in [0.4, 0.5) is 0 Å². The minimum Gasteiger partial charge on any atom is -0.454 e. The lowest BCUT2D eigenvalue weighted by Crippen LogP contribution is -1.92. The molecular formula is C11H7N3O2. The van der Waals surface area contributed by atoms with Gasteiger partial charge in [-0.3, -0.25) is 0 Å². The molecule has 1 aromatic carbocycles. The first-order valence-electron chi connectivity index (χ1n) is 4.94. The van der Waals surface area contributed by atoms with Crippen molar-refractivity contribution in [3.8, 4) is 11.5 Å². The van der Waals surface area contributed by atoms with Crippen molar-refractivity contribution < 1.29 is 9.47 Å². The summed E-state index contributed by atoms with van der Waals surface area (Å²) >= 11 is 0. The molecule has 0 fully saturated rings. The maximum absolute atomic E-state index is 5.35. The van der Waals surface area contributed by atoms with Crippen LogP contribution in [0.5, 0.6) is 11.5 Å². The van der Waals surface area contributed by atoms with Crippen molar-refractivity contribution in [3.63, 3.8) is 0 Å². The molecule has 0 saturated heterocycles. The molecule has 0 radical (unpaired) electrons. The van der Waals surface area contributed by atoms with E-state index >= 15 is 0 Å². The van der Waals surface area contributed by atoms with E-state index in [9.17, 15) is 0 Å². The van der Waals surface area contributed by atoms with Gasteiger partial charge in [0.15, 0.2) is 17.1 Å². The molecule has 1 aliphatic rings. The largest absolute Gasteiger partial charge is 0.454 e. The van der Waals surface area contributed by atoms with Crippen molar-refractivity contribution in [1.29, 1.82) is 0 Å². The molecule has 1 aliphatic heterocycles. The van der Waals surface area contributed by atoms with E-state index in [-0.39, 0.29) is 6.79 Å². The highest BCUT2D eigenvalue weighted by Gasteiger charge is 2.15. The summed E-state index contributed by atoms with van der Waals surface area (Å²) < 4.78 is 12.5. The van der Waals surface area contributed by atoms with Gasteiger partial charge in [0.1, 0.15) is 6.33 Å². The maximum Gasteiger partial charge on any atom is 0.231 e. The van der Waals surface area contributed by atoms with Gasteiger partial charge in [-0.2, -0.15) is 5.10 Å². The number of hydrogen-bond acceptors (Lipinski definition) is 4. The summed E-state index contributed by atoms with van der Waals surface area (Å²) in [7, 11) is 0. The smallest absolute Gasteiger partial charge is 0.231 e. The SMILES string of the molecule is c1nc2ccc3cc4c(cc3n2n1)OCO4. The normalized spacial score (nSPS) is 13.8. The zero-order chi connectivity index (χ0) is 10.5. The van der Waals surface area contributed by atoms with Crippen LogP contribution in [0.15, 0.2) is 30.6 Å². The first-order valence-corrected chi connectivity index (χ1v) is 4.94. The number of ether oxygens (including phenoxy) is 2. The Kier molecular flexibility index (Phi) is 1.30. The van der Waals surface area contributed by atoms with Crippen LogP contribution in [0.1, 0.15) is 0 Å². The van der Waals surface area contributed by atoms with E-state index in [1.165, 1.54) is 0 Å². The van der Waals surface area contributed by atoms with E-state index in [1.54, 1.807) is 10.8 Å². The number of hydrogen-bond donors (Lipinski definition) is 0. The summed E-state index contributed by atoms with van der Waals surface area (Å²) in [4.78, 5) is 4.14. The highest BCUT2D eigenvalue weighted by molar-refractivity contribution is 5.85. The third-order valence-electron chi connectivity index (χ3n) is 2.74. The maximum atomic E-state index is 5.35. The van der Waals surface area contributed by atoms with Gasteiger partial charge in [0.05, 0.1) is 5.52 Å². The van der Waals surface area contributed by atoms with Gasteiger partial charge in [-0.1, -0.05) is 0 Å². The van der Waals surface area contributed by atoms with Crippen LogP contribution in [0.2, 0.25) is 0 Å². The van der Waals surface area contributed by atoms with Crippen LogP contribution in [0.3, 0.4) is 0 Å². The fraction of sp³-hybridized carbons (Fsp3) is 0.0909. The van der Waals surface area contributed by atoms with E-state index in [1.807, 2.05) is 24.3 Å². The highest BCUT2D eigenvalue weighted by atomic mass is 16.7. The average molecular weight is 213 g/mol. The molecule has 0 aliphatic carbocycles. The van der Waals surface area contributed by atoms with E-state index in [0.717, 1.165) is 28.0 Å². The lowest BCUT2D eigenvalue weighted by atomic mass is 10.2. The van der Waals surface area contributed by atoms with E-state index in [0.29, 0.717) is 0 Å². The van der Waals surface area contributed by atoms with E-state index < -0.39 is 0 Å². The molecule has 0 amide bonds. The molecule has 4 rings (SSSR count). The number of fused-ring (bicyclic) bond motifs is 4. The van der Waals surface area contributed by atoms with Gasteiger partial charge in [0, 0.05) is 11.5 Å². The van der Waals surface area contributed by atoms with E-state index in [2.05, 4.69) is 10.1 Å². The molecule has 0 N–H and O–H groups in total. The molecule has 3 heterocycles. The number of pyridine rings is 1. The predicted molar refractivity (Wildman–Crippen MR) is 56.6 cm³/mol. The molecule has 0 saturated carbocycles. The van der Waals surface area contributed by atoms with Gasteiger partial charge in [-0.15, -0.1) is 0 Å². The monoisotopic (exact) mass is 213 g/mol. The molecule has 78 valence electrons. The van der Waals surface area contributed by atoms with Crippen molar-refractivity contribution in [3.05, 3.63) is 30.6 Å². The van der Waals surface area contributed by atoms with Crippen molar-refractivity contribution in [2.75, 3.05) is 6.79 Å². The van der Waals surface area contributed by atoms with Crippen molar-refractivity contribution in [2.24, 2.45) is 0 Å². The second kappa shape index (κ2) is 2.63. The molecular weight excluding hydrogens is 206 g/mol. The number of rotatable bonds is 0. The van der Waals surface area contributed by atoms with Crippen LogP contribution in [-0.2, 0) is 0 Å². The molecule has 0 unspecified atom stereocenters. The predicted octanol–water partition coefficient (Wildman–Crippen LogP) is 1.61. The molecule has 0 bridgehead atoms. The zero-order valence-corrected chi connectivity index (χ0v) is 8.25. The summed E-state index contributed by atoms with van der Waals surface area (Å²) in [6, 6.07) is 7.82. The van der Waals surface area contributed by atoms with Crippen LogP contribution >= 0.6 is 0 Å².